The molecule has 0 spiro atoms. The third kappa shape index (κ3) is 4.79. The van der Waals surface area contributed by atoms with Crippen molar-refractivity contribution in [2.24, 2.45) is 0 Å². The van der Waals surface area contributed by atoms with E-state index >= 15 is 0 Å². The summed E-state index contributed by atoms with van der Waals surface area (Å²) in [6.07, 6.45) is 1.23. The highest BCUT2D eigenvalue weighted by atomic mass is 35.5. The molecule has 5 nitrogen and oxygen atoms in total. The van der Waals surface area contributed by atoms with Gasteiger partial charge in [0.05, 0.1) is 0 Å². The van der Waals surface area contributed by atoms with Gasteiger partial charge in [-0.2, -0.15) is 8.78 Å². The highest BCUT2D eigenvalue weighted by Gasteiger charge is 2.35. The van der Waals surface area contributed by atoms with Gasteiger partial charge in [0.1, 0.15) is 5.69 Å². The number of halogens is 3. The number of carbonyl (C=O) groups is 1. The first-order chi connectivity index (χ1) is 14.3. The van der Waals surface area contributed by atoms with Gasteiger partial charge in [0, 0.05) is 35.1 Å². The summed E-state index contributed by atoms with van der Waals surface area (Å²) >= 11 is 8.13. The van der Waals surface area contributed by atoms with Crippen LogP contribution in [0.4, 0.5) is 13.9 Å². The van der Waals surface area contributed by atoms with Gasteiger partial charge in [-0.05, 0) is 29.5 Å². The molecule has 0 saturated carbocycles. The van der Waals surface area contributed by atoms with E-state index in [1.54, 1.807) is 18.3 Å². The van der Waals surface area contributed by atoms with Crippen LogP contribution in [0, 0.1) is 0 Å². The minimum Gasteiger partial charge on any atom is -0.284 e. The molecular weight excluding hydrogens is 450 g/mol. The number of nitrogens with zero attached hydrogens (tertiary/aromatic N) is 4. The molecule has 3 rings (SSSR count). The minimum atomic E-state index is -3.07. The highest BCUT2D eigenvalue weighted by molar-refractivity contribution is 7.99. The third-order valence-corrected chi connectivity index (χ3v) is 6.57. The van der Waals surface area contributed by atoms with Crippen LogP contribution in [0.5, 0.6) is 0 Å². The van der Waals surface area contributed by atoms with Crippen LogP contribution < -0.4 is 4.90 Å². The lowest BCUT2D eigenvalue weighted by molar-refractivity contribution is -0.00910. The molecule has 0 radical (unpaired) electrons. The molecule has 0 aliphatic rings. The Morgan fingerprint density at radius 2 is 1.90 bits per heavy atom. The van der Waals surface area contributed by atoms with Crippen molar-refractivity contribution in [2.75, 3.05) is 17.7 Å². The first-order valence-corrected chi connectivity index (χ1v) is 11.3. The summed E-state index contributed by atoms with van der Waals surface area (Å²) in [7, 11) is 1.48. The standard InChI is InChI=1S/C20H19ClF2N4OS2/c1-4-20(22,23)18-25-26-19(30-18)27(3)17(28)16-15(29-5-2)10-13(11-24-16)12-6-8-14(21)9-7-12/h6-11H,4-5H2,1-3H3. The molecule has 0 bridgehead atoms. The van der Waals surface area contributed by atoms with E-state index in [4.69, 9.17) is 11.6 Å². The number of carbonyl (C=O) groups excluding carboxylic acids is 1. The maximum atomic E-state index is 13.9. The number of benzene rings is 1. The highest BCUT2D eigenvalue weighted by Crippen LogP contribution is 2.36. The van der Waals surface area contributed by atoms with E-state index in [0.717, 1.165) is 16.9 Å². The lowest BCUT2D eigenvalue weighted by Gasteiger charge is -2.16. The minimum absolute atomic E-state index is 0.0964. The lowest BCUT2D eigenvalue weighted by Crippen LogP contribution is -2.27. The molecule has 158 valence electrons. The second-order valence-corrected chi connectivity index (χ2v) is 9.02. The largest absolute Gasteiger partial charge is 0.300 e. The Bertz CT molecular complexity index is 1040. The molecular formula is C20H19ClF2N4OS2. The summed E-state index contributed by atoms with van der Waals surface area (Å²) in [6.45, 7) is 3.35. The zero-order chi connectivity index (χ0) is 21.9. The monoisotopic (exact) mass is 468 g/mol. The van der Waals surface area contributed by atoms with E-state index in [2.05, 4.69) is 15.2 Å². The van der Waals surface area contributed by atoms with Crippen molar-refractivity contribution in [3.63, 3.8) is 0 Å². The number of aromatic nitrogens is 3. The van der Waals surface area contributed by atoms with Gasteiger partial charge in [0.2, 0.25) is 5.13 Å². The fraction of sp³-hybridized carbons (Fsp3) is 0.300. The molecule has 0 aliphatic carbocycles. The predicted octanol–water partition coefficient (Wildman–Crippen LogP) is 6.14. The van der Waals surface area contributed by atoms with E-state index in [0.29, 0.717) is 21.3 Å². The van der Waals surface area contributed by atoms with E-state index in [1.807, 2.05) is 25.1 Å². The molecule has 0 unspecified atom stereocenters. The smallest absolute Gasteiger partial charge is 0.284 e. The summed E-state index contributed by atoms with van der Waals surface area (Å²) in [4.78, 5) is 19.3. The van der Waals surface area contributed by atoms with Crippen molar-refractivity contribution in [3.8, 4) is 11.1 Å². The van der Waals surface area contributed by atoms with Crippen molar-refractivity contribution in [1.29, 1.82) is 0 Å². The summed E-state index contributed by atoms with van der Waals surface area (Å²) in [5.41, 5.74) is 2.01. The van der Waals surface area contributed by atoms with Gasteiger partial charge in [0.15, 0.2) is 5.01 Å². The van der Waals surface area contributed by atoms with Crippen molar-refractivity contribution in [1.82, 2.24) is 15.2 Å². The topological polar surface area (TPSA) is 59.0 Å². The zero-order valence-electron chi connectivity index (χ0n) is 16.5. The van der Waals surface area contributed by atoms with E-state index < -0.39 is 16.8 Å². The van der Waals surface area contributed by atoms with Crippen LogP contribution in [0.15, 0.2) is 41.4 Å². The molecule has 30 heavy (non-hydrogen) atoms. The van der Waals surface area contributed by atoms with Crippen molar-refractivity contribution in [3.05, 3.63) is 52.3 Å². The van der Waals surface area contributed by atoms with Gasteiger partial charge in [-0.25, -0.2) is 4.98 Å². The predicted molar refractivity (Wildman–Crippen MR) is 118 cm³/mol. The Morgan fingerprint density at radius 3 is 2.53 bits per heavy atom. The Kier molecular flexibility index (Phi) is 7.05. The maximum Gasteiger partial charge on any atom is 0.300 e. The van der Waals surface area contributed by atoms with E-state index in [-0.39, 0.29) is 17.2 Å². The summed E-state index contributed by atoms with van der Waals surface area (Å²) < 4.78 is 27.7. The number of hydrogen-bond acceptors (Lipinski definition) is 6. The van der Waals surface area contributed by atoms with Crippen LogP contribution in [-0.2, 0) is 5.92 Å². The fourth-order valence-electron chi connectivity index (χ4n) is 2.57. The lowest BCUT2D eigenvalue weighted by atomic mass is 10.1. The van der Waals surface area contributed by atoms with Gasteiger partial charge in [-0.3, -0.25) is 9.69 Å². The van der Waals surface area contributed by atoms with Crippen molar-refractivity contribution >= 4 is 45.7 Å². The average Bonchev–Trinajstić information content (AvgIpc) is 3.25. The number of thioether (sulfide) groups is 1. The average molecular weight is 469 g/mol. The molecule has 0 fully saturated rings. The second-order valence-electron chi connectivity index (χ2n) is 6.32. The van der Waals surface area contributed by atoms with Crippen molar-refractivity contribution in [2.45, 2.75) is 31.1 Å². The van der Waals surface area contributed by atoms with Crippen LogP contribution in [0.25, 0.3) is 11.1 Å². The molecule has 0 atom stereocenters. The van der Waals surface area contributed by atoms with Gasteiger partial charge in [0.25, 0.3) is 5.91 Å². The van der Waals surface area contributed by atoms with Gasteiger partial charge in [-0.15, -0.1) is 22.0 Å². The molecule has 2 aromatic heterocycles. The molecule has 3 aromatic rings. The van der Waals surface area contributed by atoms with Gasteiger partial charge < -0.3 is 0 Å². The number of amides is 1. The Hall–Kier alpha value is -2.10. The third-order valence-electron chi connectivity index (χ3n) is 4.30. The Morgan fingerprint density at radius 1 is 1.20 bits per heavy atom. The number of pyridine rings is 1. The molecule has 0 N–H and O–H groups in total. The van der Waals surface area contributed by atoms with Gasteiger partial charge >= 0.3 is 5.92 Å². The molecule has 10 heteroatoms. The van der Waals surface area contributed by atoms with E-state index in [9.17, 15) is 13.6 Å². The summed E-state index contributed by atoms with van der Waals surface area (Å²) in [5.74, 6) is -2.76. The number of rotatable bonds is 7. The second kappa shape index (κ2) is 9.36. The SMILES string of the molecule is CCSc1cc(-c2ccc(Cl)cc2)cnc1C(=O)N(C)c1nnc(C(F)(F)CC)s1. The van der Waals surface area contributed by atoms with Crippen LogP contribution in [-0.4, -0.2) is 33.9 Å². The molecule has 1 aromatic carbocycles. The molecule has 1 amide bonds. The molecule has 0 aliphatic heterocycles. The van der Waals surface area contributed by atoms with Gasteiger partial charge in [-0.1, -0.05) is 48.9 Å². The first kappa shape index (κ1) is 22.6. The summed E-state index contributed by atoms with van der Waals surface area (Å²) in [6, 6.07) is 9.22. The number of anilines is 1. The Labute approximate surface area is 186 Å². The van der Waals surface area contributed by atoms with E-state index in [1.165, 1.54) is 30.6 Å². The maximum absolute atomic E-state index is 13.9. The van der Waals surface area contributed by atoms with Crippen LogP contribution in [0.3, 0.4) is 0 Å². The normalized spacial score (nSPS) is 11.5. The van der Waals surface area contributed by atoms with Crippen LogP contribution in [0.2, 0.25) is 5.02 Å². The van der Waals surface area contributed by atoms with Crippen LogP contribution >= 0.6 is 34.7 Å². The van der Waals surface area contributed by atoms with Crippen molar-refractivity contribution < 1.29 is 13.6 Å². The summed E-state index contributed by atoms with van der Waals surface area (Å²) in [5, 5.41) is 7.66. The first-order valence-electron chi connectivity index (χ1n) is 9.15. The van der Waals surface area contributed by atoms with Crippen LogP contribution in [0.1, 0.15) is 35.8 Å². The number of hydrogen-bond donors (Lipinski definition) is 0. The molecule has 2 heterocycles. The number of alkyl halides is 2. The Balaban J connectivity index is 1.92. The quantitative estimate of drug-likeness (QED) is 0.389. The fourth-order valence-corrected chi connectivity index (χ4v) is 4.34. The zero-order valence-corrected chi connectivity index (χ0v) is 18.9. The molecule has 0 saturated heterocycles.